The molecule has 0 amide bonds. The molecule has 0 unspecified atom stereocenters. The van der Waals surface area contributed by atoms with Crippen LogP contribution in [0.2, 0.25) is 5.02 Å². The molecule has 3 nitrogen and oxygen atoms in total. The van der Waals surface area contributed by atoms with Gasteiger partial charge in [-0.15, -0.1) is 0 Å². The summed E-state index contributed by atoms with van der Waals surface area (Å²) >= 11 is 5.74. The molecule has 0 radical (unpaired) electrons. The van der Waals surface area contributed by atoms with Crippen LogP contribution in [0.4, 0.5) is 0 Å². The largest absolute Gasteiger partial charge is 0.396 e. The van der Waals surface area contributed by atoms with E-state index < -0.39 is 9.84 Å². The van der Waals surface area contributed by atoms with Gasteiger partial charge in [-0.1, -0.05) is 17.7 Å². The molecule has 5 heteroatoms. The van der Waals surface area contributed by atoms with Gasteiger partial charge in [-0.05, 0) is 29.7 Å². The van der Waals surface area contributed by atoms with Crippen molar-refractivity contribution in [2.75, 3.05) is 6.61 Å². The molecule has 1 aromatic rings. The van der Waals surface area contributed by atoms with Crippen molar-refractivity contribution in [3.05, 3.63) is 34.2 Å². The van der Waals surface area contributed by atoms with Gasteiger partial charge in [-0.25, -0.2) is 8.42 Å². The minimum absolute atomic E-state index is 0.0661. The van der Waals surface area contributed by atoms with E-state index >= 15 is 0 Å². The maximum atomic E-state index is 11.7. The number of fused-ring (bicyclic) bond motifs is 1. The third-order valence-corrected chi connectivity index (χ3v) is 4.06. The zero-order valence-electron chi connectivity index (χ0n) is 7.77. The maximum absolute atomic E-state index is 11.7. The van der Waals surface area contributed by atoms with Crippen molar-refractivity contribution < 1.29 is 13.5 Å². The Morgan fingerprint density at radius 1 is 1.33 bits per heavy atom. The van der Waals surface area contributed by atoms with E-state index in [1.54, 1.807) is 12.1 Å². The zero-order valence-corrected chi connectivity index (χ0v) is 9.35. The molecule has 0 bridgehead atoms. The summed E-state index contributed by atoms with van der Waals surface area (Å²) in [5, 5.41) is 10.4. The Balaban J connectivity index is 2.62. The van der Waals surface area contributed by atoms with E-state index in [0.717, 1.165) is 0 Å². The SMILES string of the molecule is O=S1(=O)C=C(CCO)c2ccc(Cl)cc21. The average Bonchev–Trinajstić information content (AvgIpc) is 2.39. The summed E-state index contributed by atoms with van der Waals surface area (Å²) in [6, 6.07) is 4.75. The standard InChI is InChI=1S/C10H9ClO3S/c11-8-1-2-9-7(3-4-12)6-15(13,14)10(9)5-8/h1-2,5-6,12H,3-4H2. The van der Waals surface area contributed by atoms with Crippen molar-refractivity contribution in [3.8, 4) is 0 Å². The van der Waals surface area contributed by atoms with E-state index in [2.05, 4.69) is 0 Å². The topological polar surface area (TPSA) is 54.4 Å². The van der Waals surface area contributed by atoms with Crippen LogP contribution in [-0.2, 0) is 9.84 Å². The molecule has 0 aliphatic carbocycles. The summed E-state index contributed by atoms with van der Waals surface area (Å²) < 4.78 is 23.3. The monoisotopic (exact) mass is 244 g/mol. The van der Waals surface area contributed by atoms with Crippen molar-refractivity contribution in [2.45, 2.75) is 11.3 Å². The lowest BCUT2D eigenvalue weighted by atomic mass is 10.1. The number of benzene rings is 1. The third kappa shape index (κ3) is 1.80. The molecule has 0 saturated carbocycles. The van der Waals surface area contributed by atoms with Gasteiger partial charge < -0.3 is 5.11 Å². The highest BCUT2D eigenvalue weighted by Gasteiger charge is 2.26. The lowest BCUT2D eigenvalue weighted by Crippen LogP contribution is -1.92. The van der Waals surface area contributed by atoms with Gasteiger partial charge in [0.05, 0.1) is 4.90 Å². The van der Waals surface area contributed by atoms with E-state index in [0.29, 0.717) is 22.6 Å². The highest BCUT2D eigenvalue weighted by Crippen LogP contribution is 2.36. The zero-order chi connectivity index (χ0) is 11.1. The van der Waals surface area contributed by atoms with Crippen molar-refractivity contribution in [3.63, 3.8) is 0 Å². The fourth-order valence-electron chi connectivity index (χ4n) is 1.63. The van der Waals surface area contributed by atoms with E-state index in [1.165, 1.54) is 11.5 Å². The van der Waals surface area contributed by atoms with Crippen molar-refractivity contribution in [1.82, 2.24) is 0 Å². The molecule has 1 N–H and O–H groups in total. The van der Waals surface area contributed by atoms with Gasteiger partial charge in [-0.3, -0.25) is 0 Å². The Morgan fingerprint density at radius 3 is 2.73 bits per heavy atom. The predicted octanol–water partition coefficient (Wildman–Crippen LogP) is 1.85. The van der Waals surface area contributed by atoms with Gasteiger partial charge in [0.1, 0.15) is 0 Å². The van der Waals surface area contributed by atoms with E-state index in [9.17, 15) is 8.42 Å². The van der Waals surface area contributed by atoms with Crippen LogP contribution < -0.4 is 0 Å². The summed E-state index contributed by atoms with van der Waals surface area (Å²) in [4.78, 5) is 0.235. The number of aliphatic hydroxyl groups excluding tert-OH is 1. The highest BCUT2D eigenvalue weighted by atomic mass is 35.5. The van der Waals surface area contributed by atoms with Crippen LogP contribution in [0.3, 0.4) is 0 Å². The fraction of sp³-hybridized carbons (Fsp3) is 0.200. The average molecular weight is 245 g/mol. The van der Waals surface area contributed by atoms with Gasteiger partial charge in [0.15, 0.2) is 0 Å². The molecule has 2 rings (SSSR count). The minimum Gasteiger partial charge on any atom is -0.396 e. The summed E-state index contributed by atoms with van der Waals surface area (Å²) in [6.45, 7) is -0.0661. The first kappa shape index (κ1) is 10.7. The number of sulfone groups is 1. The molecule has 1 aliphatic heterocycles. The summed E-state index contributed by atoms with van der Waals surface area (Å²) in [7, 11) is -3.36. The van der Waals surface area contributed by atoms with Gasteiger partial charge in [-0.2, -0.15) is 0 Å². The lowest BCUT2D eigenvalue weighted by molar-refractivity contribution is 0.305. The number of aliphatic hydroxyl groups is 1. The van der Waals surface area contributed by atoms with Crippen molar-refractivity contribution >= 4 is 27.0 Å². The highest BCUT2D eigenvalue weighted by molar-refractivity contribution is 7.95. The molecular weight excluding hydrogens is 236 g/mol. The summed E-state index contributed by atoms with van der Waals surface area (Å²) in [5.41, 5.74) is 1.29. The Morgan fingerprint density at radius 2 is 2.07 bits per heavy atom. The first-order chi connectivity index (χ1) is 7.04. The van der Waals surface area contributed by atoms with Crippen LogP contribution in [-0.4, -0.2) is 20.1 Å². The fourth-order valence-corrected chi connectivity index (χ4v) is 3.41. The molecule has 1 heterocycles. The summed E-state index contributed by atoms with van der Waals surface area (Å²) in [5.74, 6) is 0. The van der Waals surface area contributed by atoms with Crippen LogP contribution >= 0.6 is 11.6 Å². The van der Waals surface area contributed by atoms with Crippen molar-refractivity contribution in [1.29, 1.82) is 0 Å². The van der Waals surface area contributed by atoms with Crippen LogP contribution in [0.15, 0.2) is 28.5 Å². The second-order valence-corrected chi connectivity index (χ2v) is 5.50. The Hall–Kier alpha value is -0.840. The van der Waals surface area contributed by atoms with Crippen LogP contribution in [0, 0.1) is 0 Å². The quantitative estimate of drug-likeness (QED) is 0.864. The number of rotatable bonds is 2. The molecule has 0 aromatic heterocycles. The number of hydrogen-bond donors (Lipinski definition) is 1. The van der Waals surface area contributed by atoms with Crippen molar-refractivity contribution in [2.24, 2.45) is 0 Å². The molecule has 80 valence electrons. The molecule has 0 fully saturated rings. The molecule has 0 atom stereocenters. The Kier molecular flexibility index (Phi) is 2.58. The first-order valence-electron chi connectivity index (χ1n) is 4.41. The predicted molar refractivity (Wildman–Crippen MR) is 58.3 cm³/mol. The van der Waals surface area contributed by atoms with E-state index in [4.69, 9.17) is 16.7 Å². The smallest absolute Gasteiger partial charge is 0.200 e. The summed E-state index contributed by atoms with van der Waals surface area (Å²) in [6.07, 6.45) is 0.341. The van der Waals surface area contributed by atoms with Gasteiger partial charge >= 0.3 is 0 Å². The third-order valence-electron chi connectivity index (χ3n) is 2.27. The van der Waals surface area contributed by atoms with E-state index in [-0.39, 0.29) is 11.5 Å². The van der Waals surface area contributed by atoms with E-state index in [1.807, 2.05) is 0 Å². The second-order valence-electron chi connectivity index (χ2n) is 3.30. The molecule has 15 heavy (non-hydrogen) atoms. The minimum atomic E-state index is -3.36. The van der Waals surface area contributed by atoms with Crippen LogP contribution in [0.1, 0.15) is 12.0 Å². The molecule has 1 aliphatic rings. The molecule has 1 aromatic carbocycles. The molecule has 0 spiro atoms. The van der Waals surface area contributed by atoms with Crippen LogP contribution in [0.25, 0.3) is 5.57 Å². The Labute approximate surface area is 92.9 Å². The normalized spacial score (nSPS) is 17.3. The lowest BCUT2D eigenvalue weighted by Gasteiger charge is -2.02. The van der Waals surface area contributed by atoms with Gasteiger partial charge in [0, 0.05) is 17.0 Å². The second kappa shape index (κ2) is 3.63. The van der Waals surface area contributed by atoms with Gasteiger partial charge in [0.25, 0.3) is 0 Å². The maximum Gasteiger partial charge on any atom is 0.200 e. The van der Waals surface area contributed by atoms with Crippen LogP contribution in [0.5, 0.6) is 0 Å². The molecule has 0 saturated heterocycles. The first-order valence-corrected chi connectivity index (χ1v) is 6.33. The Bertz CT molecular complexity index is 532. The van der Waals surface area contributed by atoms with Gasteiger partial charge in [0.2, 0.25) is 9.84 Å². The number of hydrogen-bond acceptors (Lipinski definition) is 3. The molecular formula is C10H9ClO3S. The number of halogens is 1.